The molecule has 5 nitrogen and oxygen atoms in total. The molecule has 1 fully saturated rings. The van der Waals surface area contributed by atoms with Crippen molar-refractivity contribution in [3.05, 3.63) is 35.4 Å². The molecule has 1 heterocycles. The average Bonchev–Trinajstić information content (AvgIpc) is 2.50. The van der Waals surface area contributed by atoms with E-state index < -0.39 is 23.6 Å². The van der Waals surface area contributed by atoms with E-state index in [0.29, 0.717) is 13.1 Å². The Bertz CT molecular complexity index is 543. The smallest absolute Gasteiger partial charge is 0.409 e. The number of hydrogen-bond acceptors (Lipinski definition) is 3. The van der Waals surface area contributed by atoms with Gasteiger partial charge in [0.05, 0.1) is 12.2 Å². The molecule has 0 saturated carbocycles. The summed E-state index contributed by atoms with van der Waals surface area (Å²) in [6.45, 7) is 3.13. The molecule has 0 bridgehead atoms. The van der Waals surface area contributed by atoms with Crippen molar-refractivity contribution in [1.29, 1.82) is 0 Å². The molecule has 0 N–H and O–H groups in total. The predicted molar refractivity (Wildman–Crippen MR) is 70.9 cm³/mol. The molecule has 1 aliphatic rings. The Morgan fingerprint density at radius 1 is 1.14 bits per heavy atom. The van der Waals surface area contributed by atoms with E-state index in [1.54, 1.807) is 6.92 Å². The molecule has 21 heavy (non-hydrogen) atoms. The van der Waals surface area contributed by atoms with Gasteiger partial charge in [0.25, 0.3) is 5.91 Å². The molecular weight excluding hydrogens is 282 g/mol. The Hall–Kier alpha value is -2.18. The van der Waals surface area contributed by atoms with Crippen LogP contribution in [0.15, 0.2) is 18.2 Å². The molecule has 0 radical (unpaired) electrons. The molecule has 0 unspecified atom stereocenters. The van der Waals surface area contributed by atoms with E-state index in [1.165, 1.54) is 21.9 Å². The lowest BCUT2D eigenvalue weighted by Crippen LogP contribution is -2.50. The molecule has 0 aliphatic carbocycles. The predicted octanol–water partition coefficient (Wildman–Crippen LogP) is 1.88. The molecule has 1 aromatic rings. The Kier molecular flexibility index (Phi) is 4.72. The van der Waals surface area contributed by atoms with E-state index in [4.69, 9.17) is 4.74 Å². The number of carbonyl (C=O) groups excluding carboxylic acids is 2. The van der Waals surface area contributed by atoms with Crippen molar-refractivity contribution < 1.29 is 23.1 Å². The lowest BCUT2D eigenvalue weighted by Gasteiger charge is -2.34. The molecular formula is C14H16F2N2O3. The van der Waals surface area contributed by atoms with E-state index >= 15 is 0 Å². The van der Waals surface area contributed by atoms with Crippen molar-refractivity contribution in [3.8, 4) is 0 Å². The third-order valence-corrected chi connectivity index (χ3v) is 3.27. The number of amides is 2. The summed E-state index contributed by atoms with van der Waals surface area (Å²) in [7, 11) is 0. The van der Waals surface area contributed by atoms with Gasteiger partial charge in [0, 0.05) is 26.2 Å². The molecule has 2 rings (SSSR count). The van der Waals surface area contributed by atoms with Gasteiger partial charge in [-0.1, -0.05) is 6.07 Å². The fourth-order valence-electron chi connectivity index (χ4n) is 2.15. The summed E-state index contributed by atoms with van der Waals surface area (Å²) < 4.78 is 31.6. The Morgan fingerprint density at radius 2 is 1.76 bits per heavy atom. The summed E-state index contributed by atoms with van der Waals surface area (Å²) in [6, 6.07) is 3.50. The highest BCUT2D eigenvalue weighted by molar-refractivity contribution is 5.94. The molecule has 1 aromatic carbocycles. The maximum absolute atomic E-state index is 13.6. The zero-order valence-corrected chi connectivity index (χ0v) is 11.6. The van der Waals surface area contributed by atoms with Crippen LogP contribution in [-0.4, -0.2) is 54.6 Å². The van der Waals surface area contributed by atoms with Crippen LogP contribution in [0, 0.1) is 11.6 Å². The average molecular weight is 298 g/mol. The molecule has 0 spiro atoms. The van der Waals surface area contributed by atoms with Crippen molar-refractivity contribution in [1.82, 2.24) is 9.80 Å². The lowest BCUT2D eigenvalue weighted by molar-refractivity contribution is 0.0566. The van der Waals surface area contributed by atoms with Crippen LogP contribution >= 0.6 is 0 Å². The topological polar surface area (TPSA) is 49.9 Å². The Labute approximate surface area is 121 Å². The second kappa shape index (κ2) is 6.51. The SMILES string of the molecule is CCOC(=O)N1CCN(C(=O)c2cccc(F)c2F)CC1. The van der Waals surface area contributed by atoms with Crippen molar-refractivity contribution in [2.24, 2.45) is 0 Å². The van der Waals surface area contributed by atoms with Crippen LogP contribution in [0.3, 0.4) is 0 Å². The molecule has 114 valence electrons. The van der Waals surface area contributed by atoms with Gasteiger partial charge in [-0.05, 0) is 19.1 Å². The third kappa shape index (κ3) is 3.29. The largest absolute Gasteiger partial charge is 0.450 e. The van der Waals surface area contributed by atoms with E-state index in [0.717, 1.165) is 6.07 Å². The third-order valence-electron chi connectivity index (χ3n) is 3.27. The normalized spacial score (nSPS) is 15.0. The van der Waals surface area contributed by atoms with Gasteiger partial charge >= 0.3 is 6.09 Å². The van der Waals surface area contributed by atoms with E-state index in [9.17, 15) is 18.4 Å². The first-order chi connectivity index (χ1) is 10.0. The fourth-order valence-corrected chi connectivity index (χ4v) is 2.15. The second-order valence-electron chi connectivity index (χ2n) is 4.58. The highest BCUT2D eigenvalue weighted by Gasteiger charge is 2.27. The van der Waals surface area contributed by atoms with Crippen molar-refractivity contribution >= 4 is 12.0 Å². The summed E-state index contributed by atoms with van der Waals surface area (Å²) in [5, 5.41) is 0. The first-order valence-corrected chi connectivity index (χ1v) is 6.69. The Morgan fingerprint density at radius 3 is 2.38 bits per heavy atom. The number of ether oxygens (including phenoxy) is 1. The quantitative estimate of drug-likeness (QED) is 0.837. The van der Waals surface area contributed by atoms with Gasteiger partial charge in [-0.3, -0.25) is 4.79 Å². The number of nitrogens with zero attached hydrogens (tertiary/aromatic N) is 2. The van der Waals surface area contributed by atoms with Gasteiger partial charge in [-0.25, -0.2) is 13.6 Å². The van der Waals surface area contributed by atoms with Crippen LogP contribution in [-0.2, 0) is 4.74 Å². The number of hydrogen-bond donors (Lipinski definition) is 0. The minimum Gasteiger partial charge on any atom is -0.450 e. The van der Waals surface area contributed by atoms with Gasteiger partial charge in [0.2, 0.25) is 0 Å². The molecule has 2 amide bonds. The van der Waals surface area contributed by atoms with Gasteiger partial charge in [-0.2, -0.15) is 0 Å². The zero-order chi connectivity index (χ0) is 15.4. The van der Waals surface area contributed by atoms with Crippen molar-refractivity contribution in [2.45, 2.75) is 6.92 Å². The summed E-state index contributed by atoms with van der Waals surface area (Å²) in [5.41, 5.74) is -0.292. The van der Waals surface area contributed by atoms with E-state index in [1.807, 2.05) is 0 Å². The maximum Gasteiger partial charge on any atom is 0.409 e. The minimum absolute atomic E-state index is 0.258. The first kappa shape index (κ1) is 15.2. The van der Waals surface area contributed by atoms with Crippen LogP contribution < -0.4 is 0 Å². The summed E-state index contributed by atoms with van der Waals surface area (Å²) in [4.78, 5) is 26.6. The molecule has 1 aliphatic heterocycles. The Balaban J connectivity index is 2.00. The highest BCUT2D eigenvalue weighted by atomic mass is 19.2. The van der Waals surface area contributed by atoms with Gasteiger partial charge in [0.15, 0.2) is 11.6 Å². The first-order valence-electron chi connectivity index (χ1n) is 6.69. The number of halogens is 2. The standard InChI is InChI=1S/C14H16F2N2O3/c1-2-21-14(20)18-8-6-17(7-9-18)13(19)10-4-3-5-11(15)12(10)16/h3-5H,2,6-9H2,1H3. The van der Waals surface area contributed by atoms with E-state index in [2.05, 4.69) is 0 Å². The number of benzene rings is 1. The highest BCUT2D eigenvalue weighted by Crippen LogP contribution is 2.15. The van der Waals surface area contributed by atoms with E-state index in [-0.39, 0.29) is 25.3 Å². The minimum atomic E-state index is -1.14. The fraction of sp³-hybridized carbons (Fsp3) is 0.429. The number of rotatable bonds is 2. The number of carbonyl (C=O) groups is 2. The molecule has 0 atom stereocenters. The van der Waals surface area contributed by atoms with Gasteiger partial charge in [0.1, 0.15) is 0 Å². The summed E-state index contributed by atoms with van der Waals surface area (Å²) in [6.07, 6.45) is -0.429. The summed E-state index contributed by atoms with van der Waals surface area (Å²) in [5.74, 6) is -2.77. The van der Waals surface area contributed by atoms with Crippen LogP contribution in [0.5, 0.6) is 0 Å². The van der Waals surface area contributed by atoms with Gasteiger partial charge < -0.3 is 14.5 Å². The lowest BCUT2D eigenvalue weighted by atomic mass is 10.1. The summed E-state index contributed by atoms with van der Waals surface area (Å²) >= 11 is 0. The maximum atomic E-state index is 13.6. The van der Waals surface area contributed by atoms with Crippen LogP contribution in [0.2, 0.25) is 0 Å². The zero-order valence-electron chi connectivity index (χ0n) is 11.6. The number of piperazine rings is 1. The van der Waals surface area contributed by atoms with Gasteiger partial charge in [-0.15, -0.1) is 0 Å². The monoisotopic (exact) mass is 298 g/mol. The van der Waals surface area contributed by atoms with Crippen LogP contribution in [0.25, 0.3) is 0 Å². The van der Waals surface area contributed by atoms with Crippen LogP contribution in [0.1, 0.15) is 17.3 Å². The molecule has 7 heteroatoms. The molecule has 1 saturated heterocycles. The van der Waals surface area contributed by atoms with Crippen LogP contribution in [0.4, 0.5) is 13.6 Å². The van der Waals surface area contributed by atoms with Crippen molar-refractivity contribution in [3.63, 3.8) is 0 Å². The van der Waals surface area contributed by atoms with Crippen molar-refractivity contribution in [2.75, 3.05) is 32.8 Å². The second-order valence-corrected chi connectivity index (χ2v) is 4.58. The molecule has 0 aromatic heterocycles.